The minimum atomic E-state index is -4.59. The largest absolute Gasteiger partial charge is 0.449 e. The number of nitrogens with zero attached hydrogens (tertiary/aromatic N) is 3. The van der Waals surface area contributed by atoms with Crippen LogP contribution >= 0.6 is 0 Å². The van der Waals surface area contributed by atoms with Gasteiger partial charge >= 0.3 is 6.18 Å². The molecule has 0 bridgehead atoms. The average molecular weight is 339 g/mol. The Morgan fingerprint density at radius 2 is 1.92 bits per heavy atom. The van der Waals surface area contributed by atoms with Crippen LogP contribution in [0.4, 0.5) is 13.2 Å². The van der Waals surface area contributed by atoms with Crippen molar-refractivity contribution < 1.29 is 18.0 Å². The molecule has 24 heavy (non-hydrogen) atoms. The molecule has 4 nitrogen and oxygen atoms in total. The van der Waals surface area contributed by atoms with Crippen molar-refractivity contribution >= 4 is 16.9 Å². The molecule has 1 amide bonds. The fourth-order valence-electron chi connectivity index (χ4n) is 3.37. The van der Waals surface area contributed by atoms with E-state index in [0.717, 1.165) is 36.7 Å². The maximum atomic E-state index is 13.3. The fraction of sp³-hybridized carbons (Fsp3) is 0.529. The molecule has 1 aliphatic carbocycles. The number of hydrogen-bond donors (Lipinski definition) is 0. The molecule has 1 aromatic heterocycles. The summed E-state index contributed by atoms with van der Waals surface area (Å²) in [5, 5.41) is 0. The first-order valence-corrected chi connectivity index (χ1v) is 8.16. The van der Waals surface area contributed by atoms with E-state index in [-0.39, 0.29) is 24.0 Å². The molecule has 1 aromatic carbocycles. The molecule has 1 aliphatic rings. The van der Waals surface area contributed by atoms with Crippen molar-refractivity contribution in [1.82, 2.24) is 14.5 Å². The number of hydrogen-bond acceptors (Lipinski definition) is 2. The molecular weight excluding hydrogens is 319 g/mol. The van der Waals surface area contributed by atoms with E-state index < -0.39 is 12.0 Å². The summed E-state index contributed by atoms with van der Waals surface area (Å²) in [7, 11) is 1.69. The zero-order valence-corrected chi connectivity index (χ0v) is 13.5. The van der Waals surface area contributed by atoms with E-state index in [0.29, 0.717) is 5.52 Å². The highest BCUT2D eigenvalue weighted by Gasteiger charge is 2.38. The lowest BCUT2D eigenvalue weighted by molar-refractivity contribution is -0.148. The molecule has 7 heteroatoms. The number of benzene rings is 1. The van der Waals surface area contributed by atoms with Crippen LogP contribution in [0, 0.1) is 0 Å². The molecule has 0 N–H and O–H groups in total. The van der Waals surface area contributed by atoms with E-state index in [1.54, 1.807) is 30.1 Å². The lowest BCUT2D eigenvalue weighted by Gasteiger charge is -2.31. The molecule has 1 fully saturated rings. The maximum Gasteiger partial charge on any atom is 0.449 e. The Balaban J connectivity index is 1.89. The van der Waals surface area contributed by atoms with Crippen LogP contribution in [0.5, 0.6) is 0 Å². The molecule has 0 saturated heterocycles. The molecule has 1 saturated carbocycles. The molecule has 0 spiro atoms. The van der Waals surface area contributed by atoms with E-state index in [9.17, 15) is 18.0 Å². The summed E-state index contributed by atoms with van der Waals surface area (Å²) in [6, 6.07) is 6.49. The second-order valence-corrected chi connectivity index (χ2v) is 6.30. The van der Waals surface area contributed by atoms with E-state index in [1.165, 1.54) is 6.07 Å². The molecule has 0 aliphatic heterocycles. The van der Waals surface area contributed by atoms with Crippen LogP contribution in [0.25, 0.3) is 11.0 Å². The summed E-state index contributed by atoms with van der Waals surface area (Å²) in [4.78, 5) is 17.8. The molecule has 130 valence electrons. The first-order valence-electron chi connectivity index (χ1n) is 8.16. The lowest BCUT2D eigenvalue weighted by Crippen LogP contribution is -2.40. The Bertz CT molecular complexity index is 732. The standard InChI is InChI=1S/C17H20F3N3O/c1-22(12-7-3-2-4-8-12)15(24)11-23-14-10-6-5-9-13(14)21-16(23)17(18,19)20/h5-6,9-10,12H,2-4,7-8,11H2,1H3. The third-order valence-electron chi connectivity index (χ3n) is 4.72. The van der Waals surface area contributed by atoms with Gasteiger partial charge in [0.05, 0.1) is 11.0 Å². The maximum absolute atomic E-state index is 13.3. The number of imidazole rings is 1. The number of carbonyl (C=O) groups excluding carboxylic acids is 1. The van der Waals surface area contributed by atoms with Crippen molar-refractivity contribution in [3.05, 3.63) is 30.1 Å². The number of aromatic nitrogens is 2. The smallest absolute Gasteiger partial charge is 0.341 e. The highest BCUT2D eigenvalue weighted by molar-refractivity contribution is 5.81. The van der Waals surface area contributed by atoms with Crippen LogP contribution < -0.4 is 0 Å². The quantitative estimate of drug-likeness (QED) is 0.852. The Morgan fingerprint density at radius 3 is 2.58 bits per heavy atom. The number of amides is 1. The average Bonchev–Trinajstić information content (AvgIpc) is 2.94. The Labute approximate surface area is 138 Å². The van der Waals surface area contributed by atoms with Gasteiger partial charge in [-0.05, 0) is 25.0 Å². The van der Waals surface area contributed by atoms with Crippen molar-refractivity contribution in [2.45, 2.75) is 50.9 Å². The minimum Gasteiger partial charge on any atom is -0.341 e. The van der Waals surface area contributed by atoms with Crippen molar-refractivity contribution in [3.8, 4) is 0 Å². The Kier molecular flexibility index (Phi) is 4.51. The van der Waals surface area contributed by atoms with Crippen molar-refractivity contribution in [2.75, 3.05) is 7.05 Å². The van der Waals surface area contributed by atoms with Crippen LogP contribution in [0.2, 0.25) is 0 Å². The van der Waals surface area contributed by atoms with Crippen LogP contribution in [-0.2, 0) is 17.5 Å². The minimum absolute atomic E-state index is 0.121. The highest BCUT2D eigenvalue weighted by atomic mass is 19.4. The second kappa shape index (κ2) is 6.45. The van der Waals surface area contributed by atoms with Gasteiger partial charge in [-0.1, -0.05) is 31.4 Å². The van der Waals surface area contributed by atoms with E-state index in [1.807, 2.05) is 0 Å². The first kappa shape index (κ1) is 16.8. The fourth-order valence-corrected chi connectivity index (χ4v) is 3.37. The molecule has 2 aromatic rings. The summed E-state index contributed by atoms with van der Waals surface area (Å²) in [5.41, 5.74) is 0.577. The van der Waals surface area contributed by atoms with Gasteiger partial charge in [-0.15, -0.1) is 0 Å². The summed E-state index contributed by atoms with van der Waals surface area (Å²) >= 11 is 0. The van der Waals surface area contributed by atoms with E-state index >= 15 is 0 Å². The Hall–Kier alpha value is -2.05. The Morgan fingerprint density at radius 1 is 1.25 bits per heavy atom. The number of halogens is 3. The van der Waals surface area contributed by atoms with Gasteiger partial charge < -0.3 is 9.47 Å². The normalized spacial score (nSPS) is 16.5. The van der Waals surface area contributed by atoms with Gasteiger partial charge in [-0.3, -0.25) is 4.79 Å². The van der Waals surface area contributed by atoms with Gasteiger partial charge in [-0.25, -0.2) is 4.98 Å². The highest BCUT2D eigenvalue weighted by Crippen LogP contribution is 2.31. The molecule has 0 unspecified atom stereocenters. The van der Waals surface area contributed by atoms with Gasteiger partial charge in [0.1, 0.15) is 6.54 Å². The first-order chi connectivity index (χ1) is 11.4. The van der Waals surface area contributed by atoms with Gasteiger partial charge in [-0.2, -0.15) is 13.2 Å². The van der Waals surface area contributed by atoms with Crippen LogP contribution in [0.1, 0.15) is 37.9 Å². The molecular formula is C17H20F3N3O. The third kappa shape index (κ3) is 3.25. The molecule has 1 heterocycles. The molecule has 0 atom stereocenters. The predicted octanol–water partition coefficient (Wildman–Crippen LogP) is 3.85. The van der Waals surface area contributed by atoms with Crippen LogP contribution in [0.3, 0.4) is 0 Å². The van der Waals surface area contributed by atoms with E-state index in [4.69, 9.17) is 0 Å². The van der Waals surface area contributed by atoms with Crippen molar-refractivity contribution in [2.24, 2.45) is 0 Å². The third-order valence-corrected chi connectivity index (χ3v) is 4.72. The number of para-hydroxylation sites is 2. The summed E-state index contributed by atoms with van der Waals surface area (Å²) in [6.07, 6.45) is 0.512. The second-order valence-electron chi connectivity index (χ2n) is 6.30. The summed E-state index contributed by atoms with van der Waals surface area (Å²) < 4.78 is 40.8. The SMILES string of the molecule is CN(C(=O)Cn1c(C(F)(F)F)nc2ccccc21)C1CCCCC1. The van der Waals surface area contributed by atoms with Gasteiger partial charge in [0, 0.05) is 13.1 Å². The zero-order valence-electron chi connectivity index (χ0n) is 13.5. The number of carbonyl (C=O) groups is 1. The topological polar surface area (TPSA) is 38.1 Å². The van der Waals surface area contributed by atoms with Gasteiger partial charge in [0.25, 0.3) is 0 Å². The summed E-state index contributed by atoms with van der Waals surface area (Å²) in [6.45, 7) is -0.345. The zero-order chi connectivity index (χ0) is 17.3. The summed E-state index contributed by atoms with van der Waals surface area (Å²) in [5.74, 6) is -1.33. The molecule has 3 rings (SSSR count). The van der Waals surface area contributed by atoms with Crippen molar-refractivity contribution in [3.63, 3.8) is 0 Å². The predicted molar refractivity (Wildman–Crippen MR) is 84.4 cm³/mol. The van der Waals surface area contributed by atoms with Crippen LogP contribution in [0.15, 0.2) is 24.3 Å². The van der Waals surface area contributed by atoms with E-state index in [2.05, 4.69) is 4.98 Å². The number of fused-ring (bicyclic) bond motifs is 1. The number of rotatable bonds is 3. The number of alkyl halides is 3. The van der Waals surface area contributed by atoms with Gasteiger partial charge in [0.15, 0.2) is 0 Å². The number of likely N-dealkylation sites (N-methyl/N-ethyl adjacent to an activating group) is 1. The van der Waals surface area contributed by atoms with Crippen LogP contribution in [-0.4, -0.2) is 33.4 Å². The van der Waals surface area contributed by atoms with Gasteiger partial charge in [0.2, 0.25) is 11.7 Å². The lowest BCUT2D eigenvalue weighted by atomic mass is 9.94. The molecule has 0 radical (unpaired) electrons. The van der Waals surface area contributed by atoms with Crippen molar-refractivity contribution in [1.29, 1.82) is 0 Å². The monoisotopic (exact) mass is 339 g/mol.